The first-order valence-electron chi connectivity index (χ1n) is 6.95. The molecule has 0 aliphatic heterocycles. The van der Waals surface area contributed by atoms with Crippen molar-refractivity contribution in [2.24, 2.45) is 0 Å². The van der Waals surface area contributed by atoms with Gasteiger partial charge in [-0.05, 0) is 36.5 Å². The highest BCUT2D eigenvalue weighted by molar-refractivity contribution is 5.81. The fourth-order valence-electron chi connectivity index (χ4n) is 2.74. The maximum absolute atomic E-state index is 13.1. The molecule has 2 nitrogen and oxygen atoms in total. The number of alkyl halides is 3. The van der Waals surface area contributed by atoms with Crippen molar-refractivity contribution in [2.75, 3.05) is 0 Å². The van der Waals surface area contributed by atoms with Crippen molar-refractivity contribution in [1.82, 2.24) is 0 Å². The Labute approximate surface area is 124 Å². The number of hydrogen-bond acceptors (Lipinski definition) is 2. The molecule has 114 valence electrons. The van der Waals surface area contributed by atoms with Crippen molar-refractivity contribution in [3.8, 4) is 0 Å². The van der Waals surface area contributed by atoms with Crippen LogP contribution in [0.1, 0.15) is 35.3 Å². The van der Waals surface area contributed by atoms with Gasteiger partial charge in [0.15, 0.2) is 0 Å². The second-order valence-corrected chi connectivity index (χ2v) is 5.22. The van der Waals surface area contributed by atoms with Crippen LogP contribution < -0.4 is 5.63 Å². The molecular formula is C17H13F3O2. The number of hydrogen-bond donors (Lipinski definition) is 0. The Morgan fingerprint density at radius 3 is 2.50 bits per heavy atom. The molecule has 0 spiro atoms. The van der Waals surface area contributed by atoms with E-state index in [-0.39, 0.29) is 17.7 Å². The van der Waals surface area contributed by atoms with Gasteiger partial charge in [0.1, 0.15) is 5.76 Å². The third kappa shape index (κ3) is 2.84. The van der Waals surface area contributed by atoms with E-state index in [2.05, 4.69) is 0 Å². The molecule has 0 saturated carbocycles. The number of rotatable bonds is 1. The number of allylic oxidation sites excluding steroid dienone is 1. The van der Waals surface area contributed by atoms with Gasteiger partial charge in [0.25, 0.3) is 0 Å². The molecule has 5 heteroatoms. The molecule has 1 heterocycles. The summed E-state index contributed by atoms with van der Waals surface area (Å²) in [7, 11) is 0. The van der Waals surface area contributed by atoms with Gasteiger partial charge in [-0.3, -0.25) is 0 Å². The van der Waals surface area contributed by atoms with E-state index in [1.165, 1.54) is 0 Å². The first-order chi connectivity index (χ1) is 10.4. The highest BCUT2D eigenvalue weighted by atomic mass is 19.4. The molecule has 1 aromatic heterocycles. The lowest BCUT2D eigenvalue weighted by molar-refractivity contribution is -0.138. The highest BCUT2D eigenvalue weighted by Gasteiger charge is 2.37. The summed E-state index contributed by atoms with van der Waals surface area (Å²) in [6, 6.07) is 9.81. The van der Waals surface area contributed by atoms with E-state index in [9.17, 15) is 18.0 Å². The number of halogens is 3. The number of benzene rings is 1. The Bertz CT molecular complexity index is 771. The summed E-state index contributed by atoms with van der Waals surface area (Å²) in [5.41, 5.74) is -0.258. The normalized spacial score (nSPS) is 16.6. The molecule has 0 radical (unpaired) electrons. The molecule has 0 fully saturated rings. The van der Waals surface area contributed by atoms with Gasteiger partial charge in [0, 0.05) is 11.6 Å². The molecule has 22 heavy (non-hydrogen) atoms. The van der Waals surface area contributed by atoms with Crippen LogP contribution in [0.2, 0.25) is 0 Å². The van der Waals surface area contributed by atoms with Crippen molar-refractivity contribution in [3.63, 3.8) is 0 Å². The van der Waals surface area contributed by atoms with Gasteiger partial charge in [-0.25, -0.2) is 4.79 Å². The minimum Gasteiger partial charge on any atom is -0.423 e. The molecule has 0 bridgehead atoms. The minimum atomic E-state index is -4.55. The first kappa shape index (κ1) is 14.6. The molecule has 2 aromatic rings. The zero-order chi connectivity index (χ0) is 15.7. The lowest BCUT2D eigenvalue weighted by Gasteiger charge is -2.21. The zero-order valence-electron chi connectivity index (χ0n) is 11.6. The fraction of sp³-hybridized carbons (Fsp3) is 0.235. The van der Waals surface area contributed by atoms with E-state index in [0.29, 0.717) is 24.5 Å². The van der Waals surface area contributed by atoms with Crippen molar-refractivity contribution < 1.29 is 17.6 Å². The third-order valence-electron chi connectivity index (χ3n) is 3.67. The van der Waals surface area contributed by atoms with Gasteiger partial charge in [-0.15, -0.1) is 0 Å². The van der Waals surface area contributed by atoms with Crippen LogP contribution in [0, 0.1) is 0 Å². The van der Waals surface area contributed by atoms with Gasteiger partial charge in [0.05, 0.1) is 5.56 Å². The van der Waals surface area contributed by atoms with Crippen LogP contribution in [-0.2, 0) is 12.6 Å². The molecule has 0 saturated heterocycles. The summed E-state index contributed by atoms with van der Waals surface area (Å²) in [6.45, 7) is 0. The van der Waals surface area contributed by atoms with Crippen LogP contribution in [0.4, 0.5) is 13.2 Å². The highest BCUT2D eigenvalue weighted by Crippen LogP contribution is 2.39. The molecule has 1 aromatic carbocycles. The SMILES string of the molecule is O=c1cc(C(F)(F)F)c2c(o1)/C(=C/c1ccccc1)CCC2. The zero-order valence-corrected chi connectivity index (χ0v) is 11.6. The van der Waals surface area contributed by atoms with Crippen LogP contribution in [0.25, 0.3) is 11.6 Å². The van der Waals surface area contributed by atoms with Crippen molar-refractivity contribution >= 4 is 11.6 Å². The topological polar surface area (TPSA) is 30.2 Å². The Hall–Kier alpha value is -2.30. The van der Waals surface area contributed by atoms with Gasteiger partial charge in [-0.2, -0.15) is 13.2 Å². The predicted molar refractivity (Wildman–Crippen MR) is 77.2 cm³/mol. The summed E-state index contributed by atoms with van der Waals surface area (Å²) < 4.78 is 44.4. The summed E-state index contributed by atoms with van der Waals surface area (Å²) in [5.74, 6) is 0.0786. The van der Waals surface area contributed by atoms with E-state index >= 15 is 0 Å². The summed E-state index contributed by atoms with van der Waals surface area (Å²) in [4.78, 5) is 11.5. The average molecular weight is 306 g/mol. The summed E-state index contributed by atoms with van der Waals surface area (Å²) >= 11 is 0. The molecule has 1 aliphatic carbocycles. The molecule has 0 atom stereocenters. The molecule has 0 amide bonds. The van der Waals surface area contributed by atoms with Crippen LogP contribution in [0.15, 0.2) is 45.6 Å². The second kappa shape index (κ2) is 5.48. The lowest BCUT2D eigenvalue weighted by atomic mass is 9.88. The van der Waals surface area contributed by atoms with Crippen LogP contribution in [0.5, 0.6) is 0 Å². The molecule has 3 rings (SSSR count). The Morgan fingerprint density at radius 2 is 1.82 bits per heavy atom. The van der Waals surface area contributed by atoms with Crippen molar-refractivity contribution in [1.29, 1.82) is 0 Å². The van der Waals surface area contributed by atoms with E-state index < -0.39 is 17.4 Å². The monoisotopic (exact) mass is 306 g/mol. The van der Waals surface area contributed by atoms with Crippen LogP contribution >= 0.6 is 0 Å². The molecule has 1 aliphatic rings. The van der Waals surface area contributed by atoms with E-state index in [1.54, 1.807) is 6.08 Å². The Balaban J connectivity index is 2.17. The van der Waals surface area contributed by atoms with Crippen LogP contribution in [0.3, 0.4) is 0 Å². The quantitative estimate of drug-likeness (QED) is 0.774. The van der Waals surface area contributed by atoms with Crippen molar-refractivity contribution in [2.45, 2.75) is 25.4 Å². The summed E-state index contributed by atoms with van der Waals surface area (Å²) in [6.07, 6.45) is -1.31. The van der Waals surface area contributed by atoms with Gasteiger partial charge >= 0.3 is 11.8 Å². The van der Waals surface area contributed by atoms with Gasteiger partial charge in [0.2, 0.25) is 0 Å². The van der Waals surface area contributed by atoms with Crippen molar-refractivity contribution in [3.05, 3.63) is 69.3 Å². The predicted octanol–water partition coefficient (Wildman–Crippen LogP) is 4.54. The smallest absolute Gasteiger partial charge is 0.417 e. The van der Waals surface area contributed by atoms with E-state index in [1.807, 2.05) is 30.3 Å². The Morgan fingerprint density at radius 1 is 1.09 bits per heavy atom. The van der Waals surface area contributed by atoms with Gasteiger partial charge < -0.3 is 4.42 Å². The van der Waals surface area contributed by atoms with Crippen LogP contribution in [-0.4, -0.2) is 0 Å². The molecule has 0 unspecified atom stereocenters. The minimum absolute atomic E-state index is 0.0786. The summed E-state index contributed by atoms with van der Waals surface area (Å²) in [5, 5.41) is 0. The van der Waals surface area contributed by atoms with E-state index in [0.717, 1.165) is 5.56 Å². The maximum atomic E-state index is 13.1. The first-order valence-corrected chi connectivity index (χ1v) is 6.95. The average Bonchev–Trinajstić information content (AvgIpc) is 2.47. The lowest BCUT2D eigenvalue weighted by Crippen LogP contribution is -2.18. The number of fused-ring (bicyclic) bond motifs is 1. The second-order valence-electron chi connectivity index (χ2n) is 5.22. The molecule has 0 N–H and O–H groups in total. The molecular weight excluding hydrogens is 293 g/mol. The third-order valence-corrected chi connectivity index (χ3v) is 3.67. The Kier molecular flexibility index (Phi) is 3.64. The fourth-order valence-corrected chi connectivity index (χ4v) is 2.74. The largest absolute Gasteiger partial charge is 0.423 e. The standard InChI is InChI=1S/C17H13F3O2/c18-17(19,20)14-10-15(21)22-16-12(7-4-8-13(14)16)9-11-5-2-1-3-6-11/h1-3,5-6,9-10H,4,7-8H2/b12-9+. The van der Waals surface area contributed by atoms with E-state index in [4.69, 9.17) is 4.42 Å². The van der Waals surface area contributed by atoms with Gasteiger partial charge in [-0.1, -0.05) is 30.3 Å². The maximum Gasteiger partial charge on any atom is 0.417 e.